The highest BCUT2D eigenvalue weighted by atomic mass is 35.5. The molecule has 3 rings (SSSR count). The van der Waals surface area contributed by atoms with Gasteiger partial charge in [0.05, 0.1) is 5.56 Å². The molecule has 3 aromatic rings. The van der Waals surface area contributed by atoms with Crippen LogP contribution in [0.2, 0.25) is 5.02 Å². The Kier molecular flexibility index (Phi) is 4.12. The smallest absolute Gasteiger partial charge is 0.339 e. The third-order valence-electron chi connectivity index (χ3n) is 3.64. The van der Waals surface area contributed by atoms with Gasteiger partial charge in [0.25, 0.3) is 0 Å². The van der Waals surface area contributed by atoms with Gasteiger partial charge >= 0.3 is 5.97 Å². The normalized spacial score (nSPS) is 12.1. The number of halogens is 1. The monoisotopic (exact) mass is 310 g/mol. The van der Waals surface area contributed by atoms with E-state index in [0.29, 0.717) is 10.6 Å². The van der Waals surface area contributed by atoms with Crippen LogP contribution >= 0.6 is 11.6 Å². The van der Waals surface area contributed by atoms with E-state index < -0.39 is 6.10 Å². The molecule has 110 valence electrons. The van der Waals surface area contributed by atoms with Crippen molar-refractivity contribution in [1.29, 1.82) is 0 Å². The fourth-order valence-corrected chi connectivity index (χ4v) is 2.79. The second-order valence-electron chi connectivity index (χ2n) is 5.10. The van der Waals surface area contributed by atoms with E-state index in [-0.39, 0.29) is 5.97 Å². The molecule has 0 saturated carbocycles. The first kappa shape index (κ1) is 14.6. The Morgan fingerprint density at radius 1 is 0.955 bits per heavy atom. The largest absolute Gasteiger partial charge is 0.454 e. The fraction of sp³-hybridized carbons (Fsp3) is 0.105. The molecule has 0 aliphatic rings. The summed E-state index contributed by atoms with van der Waals surface area (Å²) in [4.78, 5) is 12.5. The van der Waals surface area contributed by atoms with Gasteiger partial charge in [-0.2, -0.15) is 0 Å². The molecule has 3 aromatic carbocycles. The Bertz CT molecular complexity index is 821. The van der Waals surface area contributed by atoms with E-state index in [9.17, 15) is 4.79 Å². The number of fused-ring (bicyclic) bond motifs is 1. The number of hydrogen-bond acceptors (Lipinski definition) is 2. The number of benzene rings is 3. The maximum Gasteiger partial charge on any atom is 0.339 e. The number of carbonyl (C=O) groups is 1. The van der Waals surface area contributed by atoms with Gasteiger partial charge in [-0.3, -0.25) is 0 Å². The average molecular weight is 311 g/mol. The zero-order valence-electron chi connectivity index (χ0n) is 12.1. The lowest BCUT2D eigenvalue weighted by Gasteiger charge is -2.15. The van der Waals surface area contributed by atoms with Crippen LogP contribution in [0.25, 0.3) is 10.8 Å². The van der Waals surface area contributed by atoms with Crippen molar-refractivity contribution >= 4 is 28.3 Å². The molecule has 0 bridgehead atoms. The molecule has 0 heterocycles. The summed E-state index contributed by atoms with van der Waals surface area (Å²) in [6.45, 7) is 1.82. The van der Waals surface area contributed by atoms with Gasteiger partial charge in [-0.25, -0.2) is 4.79 Å². The lowest BCUT2D eigenvalue weighted by Crippen LogP contribution is -2.10. The molecule has 0 spiro atoms. The predicted octanol–water partition coefficient (Wildman–Crippen LogP) is 5.41. The zero-order chi connectivity index (χ0) is 15.5. The summed E-state index contributed by atoms with van der Waals surface area (Å²) in [7, 11) is 0. The van der Waals surface area contributed by atoms with Crippen molar-refractivity contribution in [2.45, 2.75) is 13.0 Å². The van der Waals surface area contributed by atoms with Gasteiger partial charge in [0.2, 0.25) is 0 Å². The lowest BCUT2D eigenvalue weighted by molar-refractivity contribution is 0.0340. The molecule has 0 radical (unpaired) electrons. The molecular formula is C19H15ClO2. The first-order chi connectivity index (χ1) is 10.7. The molecule has 2 nitrogen and oxygen atoms in total. The summed E-state index contributed by atoms with van der Waals surface area (Å²) >= 11 is 6.15. The van der Waals surface area contributed by atoms with Crippen molar-refractivity contribution in [1.82, 2.24) is 0 Å². The first-order valence-electron chi connectivity index (χ1n) is 7.10. The molecule has 0 amide bonds. The molecule has 0 fully saturated rings. The van der Waals surface area contributed by atoms with Crippen LogP contribution in [0.15, 0.2) is 66.7 Å². The van der Waals surface area contributed by atoms with Crippen molar-refractivity contribution in [3.05, 3.63) is 82.9 Å². The maximum atomic E-state index is 12.5. The molecule has 0 aromatic heterocycles. The summed E-state index contributed by atoms with van der Waals surface area (Å²) < 4.78 is 5.59. The minimum Gasteiger partial charge on any atom is -0.454 e. The number of hydrogen-bond donors (Lipinski definition) is 0. The maximum absolute atomic E-state index is 12.5. The Balaban J connectivity index is 1.89. The van der Waals surface area contributed by atoms with Crippen LogP contribution in [0.3, 0.4) is 0 Å². The second kappa shape index (κ2) is 6.20. The van der Waals surface area contributed by atoms with E-state index in [1.807, 2.05) is 61.5 Å². The molecule has 22 heavy (non-hydrogen) atoms. The number of esters is 1. The standard InChI is InChI=1S/C19H15ClO2/c1-13(15-9-4-5-12-18(15)20)22-19(21)17-11-6-8-14-7-2-3-10-16(14)17/h2-13H,1H3/t13-/m0/s1. The van der Waals surface area contributed by atoms with Crippen molar-refractivity contribution in [3.8, 4) is 0 Å². The highest BCUT2D eigenvalue weighted by molar-refractivity contribution is 6.31. The van der Waals surface area contributed by atoms with Crippen molar-refractivity contribution in [2.24, 2.45) is 0 Å². The van der Waals surface area contributed by atoms with E-state index in [1.54, 1.807) is 12.1 Å². The van der Waals surface area contributed by atoms with Gasteiger partial charge < -0.3 is 4.74 Å². The van der Waals surface area contributed by atoms with Crippen LogP contribution in [-0.2, 0) is 4.74 Å². The van der Waals surface area contributed by atoms with Crippen LogP contribution in [0.5, 0.6) is 0 Å². The SMILES string of the molecule is C[C@H](OC(=O)c1cccc2ccccc12)c1ccccc1Cl. The Morgan fingerprint density at radius 3 is 2.45 bits per heavy atom. The van der Waals surface area contributed by atoms with E-state index in [0.717, 1.165) is 16.3 Å². The third-order valence-corrected chi connectivity index (χ3v) is 3.98. The molecule has 0 aliphatic heterocycles. The minimum absolute atomic E-state index is 0.343. The van der Waals surface area contributed by atoms with Crippen LogP contribution in [0.4, 0.5) is 0 Å². The summed E-state index contributed by atoms with van der Waals surface area (Å²) in [5.74, 6) is -0.343. The number of carbonyl (C=O) groups excluding carboxylic acids is 1. The molecule has 0 aliphatic carbocycles. The van der Waals surface area contributed by atoms with Crippen LogP contribution < -0.4 is 0 Å². The van der Waals surface area contributed by atoms with Crippen LogP contribution in [-0.4, -0.2) is 5.97 Å². The molecule has 0 unspecified atom stereocenters. The lowest BCUT2D eigenvalue weighted by atomic mass is 10.0. The van der Waals surface area contributed by atoms with Gasteiger partial charge in [-0.05, 0) is 29.8 Å². The van der Waals surface area contributed by atoms with E-state index >= 15 is 0 Å². The Morgan fingerprint density at radius 2 is 1.64 bits per heavy atom. The van der Waals surface area contributed by atoms with Crippen molar-refractivity contribution in [2.75, 3.05) is 0 Å². The van der Waals surface area contributed by atoms with Gasteiger partial charge in [0, 0.05) is 10.6 Å². The summed E-state index contributed by atoms with van der Waals surface area (Å²) in [6.07, 6.45) is -0.403. The Labute approximate surface area is 134 Å². The van der Waals surface area contributed by atoms with Gasteiger partial charge in [0.1, 0.15) is 6.10 Å². The van der Waals surface area contributed by atoms with Gasteiger partial charge in [-0.1, -0.05) is 66.2 Å². The summed E-state index contributed by atoms with van der Waals surface area (Å²) in [5, 5.41) is 2.50. The molecule has 0 N–H and O–H groups in total. The average Bonchev–Trinajstić information content (AvgIpc) is 2.54. The molecule has 3 heteroatoms. The molecule has 0 saturated heterocycles. The van der Waals surface area contributed by atoms with Gasteiger partial charge in [-0.15, -0.1) is 0 Å². The van der Waals surface area contributed by atoms with Crippen molar-refractivity contribution in [3.63, 3.8) is 0 Å². The number of ether oxygens (including phenoxy) is 1. The Hall–Kier alpha value is -2.32. The topological polar surface area (TPSA) is 26.3 Å². The molecule has 1 atom stereocenters. The highest BCUT2D eigenvalue weighted by Crippen LogP contribution is 2.27. The molecular weight excluding hydrogens is 296 g/mol. The quantitative estimate of drug-likeness (QED) is 0.604. The minimum atomic E-state index is -0.403. The second-order valence-corrected chi connectivity index (χ2v) is 5.50. The van der Waals surface area contributed by atoms with Crippen LogP contribution in [0.1, 0.15) is 28.9 Å². The zero-order valence-corrected chi connectivity index (χ0v) is 12.9. The van der Waals surface area contributed by atoms with E-state index in [4.69, 9.17) is 16.3 Å². The van der Waals surface area contributed by atoms with Crippen LogP contribution in [0, 0.1) is 0 Å². The van der Waals surface area contributed by atoms with E-state index in [2.05, 4.69) is 0 Å². The van der Waals surface area contributed by atoms with E-state index in [1.165, 1.54) is 0 Å². The third kappa shape index (κ3) is 2.83. The van der Waals surface area contributed by atoms with Gasteiger partial charge in [0.15, 0.2) is 0 Å². The highest BCUT2D eigenvalue weighted by Gasteiger charge is 2.17. The number of rotatable bonds is 3. The summed E-state index contributed by atoms with van der Waals surface area (Å²) in [6, 6.07) is 20.8. The van der Waals surface area contributed by atoms with Crippen molar-refractivity contribution < 1.29 is 9.53 Å². The fourth-order valence-electron chi connectivity index (χ4n) is 2.50. The summed E-state index contributed by atoms with van der Waals surface area (Å²) in [5.41, 5.74) is 1.37. The first-order valence-corrected chi connectivity index (χ1v) is 7.48. The predicted molar refractivity (Wildman–Crippen MR) is 89.2 cm³/mol.